The predicted octanol–water partition coefficient (Wildman–Crippen LogP) is -19.9. The minimum atomic E-state index is -2.72. The molecule has 9 saturated heterocycles. The lowest BCUT2D eigenvalue weighted by molar-refractivity contribution is -0.408. The van der Waals surface area contributed by atoms with Crippen molar-refractivity contribution in [3.05, 3.63) is 0 Å². The molecule has 0 unspecified atom stereocenters. The number of aliphatic hydroxyl groups is 24. The quantitative estimate of drug-likeness (QED) is 0.0318. The van der Waals surface area contributed by atoms with Crippen LogP contribution >= 0.6 is 0 Å². The summed E-state index contributed by atoms with van der Waals surface area (Å²) >= 11 is 0. The van der Waals surface area contributed by atoms with E-state index in [9.17, 15) is 147 Å². The van der Waals surface area contributed by atoms with E-state index < -0.39 is 365 Å². The van der Waals surface area contributed by atoms with Crippen LogP contribution in [0.5, 0.6) is 0 Å². The van der Waals surface area contributed by atoms with Crippen LogP contribution in [0.4, 0.5) is 0 Å². The number of ether oxygens (including phenoxy) is 17. The molecule has 0 aromatic rings. The normalized spacial score (nSPS) is 47.9. The van der Waals surface area contributed by atoms with E-state index >= 15 is 0 Å². The highest BCUT2D eigenvalue weighted by molar-refractivity contribution is 5.75. The lowest BCUT2D eigenvalue weighted by Crippen LogP contribution is -2.71. The number of carbonyl (C=O) groups excluding carboxylic acids is 5. The Morgan fingerprint density at radius 2 is 0.478 bits per heavy atom. The molecule has 0 aromatic heterocycles. The van der Waals surface area contributed by atoms with E-state index in [0.29, 0.717) is 0 Å². The third-order valence-corrected chi connectivity index (χ3v) is 20.8. The summed E-state index contributed by atoms with van der Waals surface area (Å²) in [6.45, 7) is -5.57. The van der Waals surface area contributed by atoms with E-state index in [2.05, 4.69) is 26.6 Å². The van der Waals surface area contributed by atoms with Crippen molar-refractivity contribution >= 4 is 29.5 Å². The second kappa shape index (κ2) is 41.5. The Balaban J connectivity index is 1.17. The van der Waals surface area contributed by atoms with E-state index in [1.807, 2.05) is 0 Å². The van der Waals surface area contributed by atoms with Gasteiger partial charge in [0.25, 0.3) is 0 Å². The van der Waals surface area contributed by atoms with Crippen LogP contribution in [0, 0.1) is 0 Å². The van der Waals surface area contributed by atoms with Crippen LogP contribution < -0.4 is 26.6 Å². The fourth-order valence-electron chi connectivity index (χ4n) is 14.9. The fourth-order valence-corrected chi connectivity index (χ4v) is 14.9. The van der Waals surface area contributed by atoms with Gasteiger partial charge in [-0.2, -0.15) is 0 Å². The zero-order chi connectivity index (χ0) is 84.8. The number of amides is 5. The molecule has 51 nitrogen and oxygen atoms in total. The van der Waals surface area contributed by atoms with Crippen molar-refractivity contribution in [1.82, 2.24) is 26.6 Å². The number of hydrogen-bond donors (Lipinski definition) is 29. The number of rotatable bonds is 30. The smallest absolute Gasteiger partial charge is 0.217 e. The van der Waals surface area contributed by atoms with Crippen molar-refractivity contribution in [2.75, 3.05) is 59.5 Å². The second-order valence-electron chi connectivity index (χ2n) is 28.9. The van der Waals surface area contributed by atoms with Gasteiger partial charge in [0.05, 0.1) is 59.5 Å². The van der Waals surface area contributed by atoms with Crippen LogP contribution in [0.25, 0.3) is 0 Å². The highest BCUT2D eigenvalue weighted by Crippen LogP contribution is 2.41. The van der Waals surface area contributed by atoms with Gasteiger partial charge in [-0.3, -0.25) is 24.0 Å². The van der Waals surface area contributed by atoms with Gasteiger partial charge in [-0.05, 0) is 0 Å². The maximum atomic E-state index is 13.3. The Bertz CT molecular complexity index is 3100. The Kier molecular flexibility index (Phi) is 34.1. The molecule has 115 heavy (non-hydrogen) atoms. The van der Waals surface area contributed by atoms with E-state index in [0.717, 1.165) is 34.6 Å². The molecule has 29 N–H and O–H groups in total. The Morgan fingerprint density at radius 1 is 0.226 bits per heavy atom. The molecule has 9 rings (SSSR count). The van der Waals surface area contributed by atoms with Gasteiger partial charge < -0.3 is 230 Å². The molecule has 9 aliphatic rings. The van der Waals surface area contributed by atoms with Gasteiger partial charge in [-0.25, -0.2) is 0 Å². The molecule has 664 valence electrons. The minimum Gasteiger partial charge on any atom is -0.394 e. The number of aliphatic hydroxyl groups excluding tert-OH is 24. The van der Waals surface area contributed by atoms with Crippen LogP contribution in [-0.2, 0) is 104 Å². The van der Waals surface area contributed by atoms with E-state index in [1.165, 1.54) is 0 Å². The molecule has 0 bridgehead atoms. The molecule has 0 aliphatic carbocycles. The van der Waals surface area contributed by atoms with Crippen LogP contribution in [0.15, 0.2) is 0 Å². The molecule has 9 heterocycles. The van der Waals surface area contributed by atoms with E-state index in [4.69, 9.17) is 80.5 Å². The lowest BCUT2D eigenvalue weighted by atomic mass is 9.93. The standard InChI is InChI=1S/C64H107N5O46/c1-15(78)65-29-41(90)49(25(11-75)100-56(29)98)109-59-32(68-18(4)81)42(91)51(27(13-77)106-59)111-62-48(97)53(113-64-55(46(95)38(87)24(10-74)105-64)115-60-33(69-19(5)82)43(92)50(26(12-76)107-60)110-61-47(96)44(93)36(85)22(8-72)103-61)52(112-57-30(66-16(2)79)39(88)34(83)20(6-70)101-57)28(108-62)14-99-63-54(45(94)37(86)23(9-73)104-63)114-58-31(67-17(3)80)40(89)35(84)21(7-71)102-58/h20-64,70-77,83-98H,6-14H2,1-5H3,(H,65,78)(H,66,79)(H,67,80)(H,68,81)(H,69,82)/t20-,21+,22-,23+,24+,25-,26+,27+,28-,29-,30+,31+,32+,33+,34-,35+,36+,37+,38+,39-,40+,41-,42+,43+,44+,45-,46-,47-,48+,49-,50+,51+,52-,53-,54-,55-,56-,57+,58-,59-,60-,61+,62+,63-,64+/m1/s1. The average molecular weight is 1680 g/mol. The predicted molar refractivity (Wildman–Crippen MR) is 355 cm³/mol. The number of hydrogen-bond acceptors (Lipinski definition) is 46. The van der Waals surface area contributed by atoms with Gasteiger partial charge in [0.15, 0.2) is 56.6 Å². The minimum absolute atomic E-state index is 0.806. The first-order valence-electron chi connectivity index (χ1n) is 36.6. The van der Waals surface area contributed by atoms with Crippen LogP contribution in [0.2, 0.25) is 0 Å². The molecule has 9 fully saturated rings. The largest absolute Gasteiger partial charge is 0.394 e. The molecule has 0 radical (unpaired) electrons. The summed E-state index contributed by atoms with van der Waals surface area (Å²) in [5.74, 6) is -4.64. The zero-order valence-corrected chi connectivity index (χ0v) is 62.1. The molecular formula is C64H107N5O46. The van der Waals surface area contributed by atoms with Crippen molar-refractivity contribution in [2.24, 2.45) is 0 Å². The number of nitrogens with one attached hydrogen (secondary N) is 5. The Labute approximate surface area is 651 Å². The van der Waals surface area contributed by atoms with Gasteiger partial charge in [0.2, 0.25) is 29.5 Å². The first-order valence-corrected chi connectivity index (χ1v) is 36.6. The maximum absolute atomic E-state index is 13.3. The van der Waals surface area contributed by atoms with Crippen molar-refractivity contribution in [1.29, 1.82) is 0 Å². The summed E-state index contributed by atoms with van der Waals surface area (Å²) in [6, 6.07) is -9.49. The molecule has 45 atom stereocenters. The third kappa shape index (κ3) is 21.3. The summed E-state index contributed by atoms with van der Waals surface area (Å²) in [5.41, 5.74) is 0. The summed E-state index contributed by atoms with van der Waals surface area (Å²) < 4.78 is 103. The zero-order valence-electron chi connectivity index (χ0n) is 62.1. The molecule has 5 amide bonds. The molecule has 0 saturated carbocycles. The topological polar surface area (TPSA) is 788 Å². The van der Waals surface area contributed by atoms with E-state index in [1.54, 1.807) is 0 Å². The van der Waals surface area contributed by atoms with Gasteiger partial charge >= 0.3 is 0 Å². The molecule has 0 aromatic carbocycles. The monoisotopic (exact) mass is 1680 g/mol. The molecule has 0 spiro atoms. The SMILES string of the molecule is CC(=O)N[C@@H]1[C@@H](O[C@H]2[C@H](OC[C@H]3O[C@@H](O[C@@H]4[C@@H](O)[C@H](NC(C)=O)[C@@H](O[C@H]5[C@H](O)[C@@H](NC(C)=O)[C@H](O)O[C@@H]5CO)O[C@H]4CO)[C@@H](O)[C@@H](O[C@@H]4O[C@@H](CO)[C@H](O)[C@@H](O)[C@H]4O[C@H]4O[C@@H](CO)[C@H](O[C@@H]5O[C@H](CO)[C@H](O)[C@H](O)[C@H]5O)[C@@H](O)[C@@H]4NC(C)=O)[C@@H]3O[C@@H]3O[C@H](CO)[C@@H](O)[C@H](O)[C@@H]3NC(C)=O)O[C@@H](CO)[C@H](O)[C@H]2O)O[C@@H](CO)[C@H](O)[C@H]1O. The molecule has 51 heteroatoms. The highest BCUT2D eigenvalue weighted by atomic mass is 16.8. The van der Waals surface area contributed by atoms with Crippen LogP contribution in [-0.4, -0.2) is 488 Å². The van der Waals surface area contributed by atoms with Gasteiger partial charge in [0, 0.05) is 34.6 Å². The van der Waals surface area contributed by atoms with Gasteiger partial charge in [-0.15, -0.1) is 0 Å². The molecular weight excluding hydrogens is 1570 g/mol. The van der Waals surface area contributed by atoms with Crippen molar-refractivity contribution in [2.45, 2.75) is 311 Å². The highest BCUT2D eigenvalue weighted by Gasteiger charge is 2.62. The summed E-state index contributed by atoms with van der Waals surface area (Å²) in [7, 11) is 0. The van der Waals surface area contributed by atoms with E-state index in [-0.39, 0.29) is 0 Å². The Morgan fingerprint density at radius 3 is 0.861 bits per heavy atom. The maximum Gasteiger partial charge on any atom is 0.217 e. The van der Waals surface area contributed by atoms with Crippen LogP contribution in [0.1, 0.15) is 34.6 Å². The summed E-state index contributed by atoms with van der Waals surface area (Å²) in [4.78, 5) is 64.2. The molecule has 9 aliphatic heterocycles. The summed E-state index contributed by atoms with van der Waals surface area (Å²) in [5, 5.41) is 281. The Hall–Kier alpha value is -4.29. The van der Waals surface area contributed by atoms with Crippen molar-refractivity contribution in [3.63, 3.8) is 0 Å². The lowest BCUT2D eigenvalue weighted by Gasteiger charge is -2.52. The fraction of sp³-hybridized carbons (Fsp3) is 0.922. The average Bonchev–Trinajstić information content (AvgIpc) is 0.761. The van der Waals surface area contributed by atoms with Crippen molar-refractivity contribution in [3.8, 4) is 0 Å². The van der Waals surface area contributed by atoms with Crippen molar-refractivity contribution < 1.29 is 227 Å². The van der Waals surface area contributed by atoms with Gasteiger partial charge in [0.1, 0.15) is 219 Å². The number of carbonyl (C=O) groups is 5. The third-order valence-electron chi connectivity index (χ3n) is 20.8. The first kappa shape index (κ1) is 94.6. The summed E-state index contributed by atoms with van der Waals surface area (Å²) in [6.07, 6.45) is -85.8. The first-order chi connectivity index (χ1) is 54.4. The van der Waals surface area contributed by atoms with Gasteiger partial charge in [-0.1, -0.05) is 0 Å². The second-order valence-corrected chi connectivity index (χ2v) is 28.9. The van der Waals surface area contributed by atoms with Crippen LogP contribution in [0.3, 0.4) is 0 Å².